The zero-order valence-corrected chi connectivity index (χ0v) is 11.4. The first-order valence-electron chi connectivity index (χ1n) is 5.82. The van der Waals surface area contributed by atoms with Gasteiger partial charge in [0.05, 0.1) is 7.11 Å². The number of benzene rings is 1. The normalized spacial score (nSPS) is 9.95. The molecule has 1 heterocycles. The van der Waals surface area contributed by atoms with Crippen molar-refractivity contribution in [3.05, 3.63) is 53.7 Å². The Hall–Kier alpha value is -2.14. The molecule has 0 amide bonds. The molecule has 4 nitrogen and oxygen atoms in total. The standard InChI is InChI=1S/C14H15N3OS/c1-18-12-5-3-2-4-10(12)8-16-13-7-6-11(9-17-13)14(15)19/h2-7,9H,8H2,1H3,(H2,15,19)(H,16,17). The number of pyridine rings is 1. The highest BCUT2D eigenvalue weighted by atomic mass is 32.1. The molecule has 2 aromatic rings. The molecule has 0 aliphatic carbocycles. The van der Waals surface area contributed by atoms with Gasteiger partial charge < -0.3 is 15.8 Å². The number of thiocarbonyl (C=S) groups is 1. The van der Waals surface area contributed by atoms with Crippen molar-refractivity contribution >= 4 is 23.0 Å². The molecule has 98 valence electrons. The van der Waals surface area contributed by atoms with Crippen LogP contribution in [0.15, 0.2) is 42.6 Å². The first kappa shape index (κ1) is 13.3. The summed E-state index contributed by atoms with van der Waals surface area (Å²) in [6, 6.07) is 11.6. The molecule has 1 aromatic carbocycles. The first-order valence-corrected chi connectivity index (χ1v) is 6.23. The molecule has 5 heteroatoms. The molecule has 0 fully saturated rings. The van der Waals surface area contributed by atoms with Crippen molar-refractivity contribution < 1.29 is 4.74 Å². The number of nitrogens with one attached hydrogen (secondary N) is 1. The van der Waals surface area contributed by atoms with E-state index >= 15 is 0 Å². The predicted octanol–water partition coefficient (Wildman–Crippen LogP) is 2.34. The van der Waals surface area contributed by atoms with Gasteiger partial charge >= 0.3 is 0 Å². The number of hydrogen-bond acceptors (Lipinski definition) is 4. The Kier molecular flexibility index (Phi) is 4.30. The zero-order valence-electron chi connectivity index (χ0n) is 10.6. The lowest BCUT2D eigenvalue weighted by atomic mass is 10.2. The molecule has 19 heavy (non-hydrogen) atoms. The van der Waals surface area contributed by atoms with Crippen molar-refractivity contribution in [2.75, 3.05) is 12.4 Å². The summed E-state index contributed by atoms with van der Waals surface area (Å²) in [4.78, 5) is 4.60. The topological polar surface area (TPSA) is 60.2 Å². The fourth-order valence-electron chi connectivity index (χ4n) is 1.68. The Morgan fingerprint density at radius 2 is 2.11 bits per heavy atom. The molecule has 0 saturated carbocycles. The van der Waals surface area contributed by atoms with Crippen LogP contribution in [0.25, 0.3) is 0 Å². The minimum absolute atomic E-state index is 0.351. The summed E-state index contributed by atoms with van der Waals surface area (Å²) >= 11 is 4.88. The molecule has 3 N–H and O–H groups in total. The molecular formula is C14H15N3OS. The zero-order chi connectivity index (χ0) is 13.7. The van der Waals surface area contributed by atoms with Gasteiger partial charge in [0.15, 0.2) is 0 Å². The molecule has 2 rings (SSSR count). The van der Waals surface area contributed by atoms with E-state index in [0.717, 1.165) is 22.7 Å². The van der Waals surface area contributed by atoms with Crippen molar-refractivity contribution in [2.24, 2.45) is 5.73 Å². The maximum Gasteiger partial charge on any atom is 0.126 e. The number of nitrogens with two attached hydrogens (primary N) is 1. The van der Waals surface area contributed by atoms with Gasteiger partial charge in [-0.25, -0.2) is 4.98 Å². The Labute approximate surface area is 117 Å². The second kappa shape index (κ2) is 6.15. The van der Waals surface area contributed by atoms with Crippen LogP contribution in [0.4, 0.5) is 5.82 Å². The van der Waals surface area contributed by atoms with Gasteiger partial charge in [0.2, 0.25) is 0 Å². The Morgan fingerprint density at radius 3 is 2.74 bits per heavy atom. The molecule has 1 aromatic heterocycles. The molecule has 0 bridgehead atoms. The average Bonchev–Trinajstić information content (AvgIpc) is 2.45. The van der Waals surface area contributed by atoms with Crippen molar-refractivity contribution in [2.45, 2.75) is 6.54 Å². The highest BCUT2D eigenvalue weighted by Gasteiger charge is 2.02. The van der Waals surface area contributed by atoms with Crippen molar-refractivity contribution in [3.8, 4) is 5.75 Å². The number of para-hydroxylation sites is 1. The van der Waals surface area contributed by atoms with Gasteiger partial charge in [-0.2, -0.15) is 0 Å². The maximum absolute atomic E-state index is 5.52. The van der Waals surface area contributed by atoms with E-state index in [1.165, 1.54) is 0 Å². The summed E-state index contributed by atoms with van der Waals surface area (Å²) in [5.41, 5.74) is 7.36. The smallest absolute Gasteiger partial charge is 0.126 e. The van der Waals surface area contributed by atoms with Crippen molar-refractivity contribution in [1.29, 1.82) is 0 Å². The van der Waals surface area contributed by atoms with Crippen LogP contribution in [0.1, 0.15) is 11.1 Å². The molecular weight excluding hydrogens is 258 g/mol. The van der Waals surface area contributed by atoms with Gasteiger partial charge in [-0.1, -0.05) is 30.4 Å². The highest BCUT2D eigenvalue weighted by molar-refractivity contribution is 7.80. The molecule has 0 unspecified atom stereocenters. The number of hydrogen-bond donors (Lipinski definition) is 2. The number of ether oxygens (including phenoxy) is 1. The summed E-state index contributed by atoms with van der Waals surface area (Å²) in [5.74, 6) is 1.63. The van der Waals surface area contributed by atoms with Gasteiger partial charge in [-0.3, -0.25) is 0 Å². The average molecular weight is 273 g/mol. The van der Waals surface area contributed by atoms with Crippen molar-refractivity contribution in [3.63, 3.8) is 0 Å². The van der Waals surface area contributed by atoms with Crippen LogP contribution >= 0.6 is 12.2 Å². The van der Waals surface area contributed by atoms with E-state index in [1.807, 2.05) is 36.4 Å². The van der Waals surface area contributed by atoms with Crippen LogP contribution in [-0.4, -0.2) is 17.1 Å². The Balaban J connectivity index is 2.04. The van der Waals surface area contributed by atoms with Crippen LogP contribution in [0.5, 0.6) is 5.75 Å². The Morgan fingerprint density at radius 1 is 1.32 bits per heavy atom. The maximum atomic E-state index is 5.52. The molecule has 0 saturated heterocycles. The van der Waals surface area contributed by atoms with Gasteiger partial charge in [0, 0.05) is 23.9 Å². The van der Waals surface area contributed by atoms with Gasteiger partial charge in [0.25, 0.3) is 0 Å². The number of anilines is 1. The molecule has 0 radical (unpaired) electrons. The molecule has 0 aliphatic heterocycles. The second-order valence-electron chi connectivity index (χ2n) is 3.96. The van der Waals surface area contributed by atoms with Crippen LogP contribution < -0.4 is 15.8 Å². The summed E-state index contributed by atoms with van der Waals surface area (Å²) in [6.07, 6.45) is 1.66. The number of aromatic nitrogens is 1. The van der Waals surface area contributed by atoms with E-state index < -0.39 is 0 Å². The van der Waals surface area contributed by atoms with E-state index in [-0.39, 0.29) is 0 Å². The van der Waals surface area contributed by atoms with E-state index in [0.29, 0.717) is 11.5 Å². The monoisotopic (exact) mass is 273 g/mol. The predicted molar refractivity (Wildman–Crippen MR) is 80.4 cm³/mol. The van der Waals surface area contributed by atoms with Crippen molar-refractivity contribution in [1.82, 2.24) is 4.98 Å². The van der Waals surface area contributed by atoms with E-state index in [4.69, 9.17) is 22.7 Å². The number of methoxy groups -OCH3 is 1. The van der Waals surface area contributed by atoms with Crippen LogP contribution in [0.3, 0.4) is 0 Å². The summed E-state index contributed by atoms with van der Waals surface area (Å²) in [7, 11) is 1.66. The largest absolute Gasteiger partial charge is 0.496 e. The van der Waals surface area contributed by atoms with Crippen LogP contribution in [0, 0.1) is 0 Å². The summed E-state index contributed by atoms with van der Waals surface area (Å²) < 4.78 is 5.29. The lowest BCUT2D eigenvalue weighted by molar-refractivity contribution is 0.410. The fourth-order valence-corrected chi connectivity index (χ4v) is 1.80. The fraction of sp³-hybridized carbons (Fsp3) is 0.143. The number of nitrogens with zero attached hydrogens (tertiary/aromatic N) is 1. The van der Waals surface area contributed by atoms with E-state index in [9.17, 15) is 0 Å². The molecule has 0 atom stereocenters. The minimum atomic E-state index is 0.351. The van der Waals surface area contributed by atoms with Gasteiger partial charge in [-0.15, -0.1) is 0 Å². The Bertz CT molecular complexity index is 569. The van der Waals surface area contributed by atoms with Crippen LogP contribution in [-0.2, 0) is 6.54 Å². The van der Waals surface area contributed by atoms with Gasteiger partial charge in [-0.05, 0) is 18.2 Å². The SMILES string of the molecule is COc1ccccc1CNc1ccc(C(N)=S)cn1. The minimum Gasteiger partial charge on any atom is -0.496 e. The summed E-state index contributed by atoms with van der Waals surface area (Å²) in [6.45, 7) is 0.642. The highest BCUT2D eigenvalue weighted by Crippen LogP contribution is 2.18. The quantitative estimate of drug-likeness (QED) is 0.819. The lowest BCUT2D eigenvalue weighted by Gasteiger charge is -2.10. The third kappa shape index (κ3) is 3.42. The van der Waals surface area contributed by atoms with E-state index in [1.54, 1.807) is 13.3 Å². The third-order valence-electron chi connectivity index (χ3n) is 2.70. The van der Waals surface area contributed by atoms with Gasteiger partial charge in [0.1, 0.15) is 16.6 Å². The van der Waals surface area contributed by atoms with E-state index in [2.05, 4.69) is 10.3 Å². The lowest BCUT2D eigenvalue weighted by Crippen LogP contribution is -2.10. The summed E-state index contributed by atoms with van der Waals surface area (Å²) in [5, 5.41) is 3.23. The molecule has 0 aliphatic rings. The number of rotatable bonds is 5. The second-order valence-corrected chi connectivity index (χ2v) is 4.40. The first-order chi connectivity index (χ1) is 9.20. The molecule has 0 spiro atoms. The van der Waals surface area contributed by atoms with Crippen LogP contribution in [0.2, 0.25) is 0 Å². The third-order valence-corrected chi connectivity index (χ3v) is 2.94.